The summed E-state index contributed by atoms with van der Waals surface area (Å²) >= 11 is 10.4. The number of hydrogen-bond donors (Lipinski definition) is 1. The fourth-order valence-corrected chi connectivity index (χ4v) is 5.06. The van der Waals surface area contributed by atoms with Gasteiger partial charge in [0.2, 0.25) is 0 Å². The van der Waals surface area contributed by atoms with Crippen LogP contribution in [0.15, 0.2) is 33.1 Å². The molecule has 8 heteroatoms. The molecule has 0 saturated heterocycles. The molecule has 0 saturated carbocycles. The third-order valence-electron chi connectivity index (χ3n) is 2.14. The number of hydrogen-bond acceptors (Lipinski definition) is 4. The number of rotatable bonds is 3. The van der Waals surface area contributed by atoms with Crippen LogP contribution in [0, 0.1) is 6.92 Å². The van der Waals surface area contributed by atoms with E-state index in [2.05, 4.69) is 25.6 Å². The van der Waals surface area contributed by atoms with Crippen LogP contribution < -0.4 is 4.72 Å². The molecule has 0 bridgehead atoms. The highest BCUT2D eigenvalue weighted by Crippen LogP contribution is 2.31. The first-order valence-electron chi connectivity index (χ1n) is 4.79. The molecule has 0 amide bonds. The third-order valence-corrected chi connectivity index (χ3v) is 5.61. The number of pyridine rings is 1. The summed E-state index contributed by atoms with van der Waals surface area (Å²) in [6.45, 7) is 1.74. The van der Waals surface area contributed by atoms with Crippen molar-refractivity contribution in [1.82, 2.24) is 4.98 Å². The van der Waals surface area contributed by atoms with Crippen LogP contribution in [0.2, 0.25) is 5.15 Å². The minimum Gasteiger partial charge on any atom is -0.276 e. The monoisotopic (exact) mass is 366 g/mol. The molecule has 2 aromatic heterocycles. The molecule has 1 N–H and O–H groups in total. The number of anilines is 1. The Morgan fingerprint density at radius 1 is 1.50 bits per heavy atom. The van der Waals surface area contributed by atoms with Crippen molar-refractivity contribution in [2.45, 2.75) is 11.8 Å². The Morgan fingerprint density at radius 3 is 2.78 bits per heavy atom. The average molecular weight is 368 g/mol. The summed E-state index contributed by atoms with van der Waals surface area (Å²) < 4.78 is 27.5. The van der Waals surface area contributed by atoms with Gasteiger partial charge in [-0.3, -0.25) is 4.72 Å². The summed E-state index contributed by atoms with van der Waals surface area (Å²) in [4.78, 5) is 4.76. The van der Waals surface area contributed by atoms with E-state index >= 15 is 0 Å². The van der Waals surface area contributed by atoms with Gasteiger partial charge >= 0.3 is 0 Å². The molecule has 2 aromatic rings. The number of aromatic nitrogens is 1. The van der Waals surface area contributed by atoms with Gasteiger partial charge in [-0.2, -0.15) is 0 Å². The topological polar surface area (TPSA) is 59.1 Å². The average Bonchev–Trinajstić information content (AvgIpc) is 2.62. The van der Waals surface area contributed by atoms with Crippen LogP contribution in [-0.2, 0) is 10.0 Å². The van der Waals surface area contributed by atoms with Crippen LogP contribution in [0.4, 0.5) is 5.69 Å². The van der Waals surface area contributed by atoms with E-state index in [1.165, 1.54) is 17.5 Å². The lowest BCUT2D eigenvalue weighted by atomic mass is 10.4. The summed E-state index contributed by atoms with van der Waals surface area (Å²) in [5.74, 6) is 0. The van der Waals surface area contributed by atoms with Crippen molar-refractivity contribution in [3.05, 3.63) is 38.2 Å². The van der Waals surface area contributed by atoms with E-state index in [9.17, 15) is 8.42 Å². The zero-order chi connectivity index (χ0) is 13.3. The van der Waals surface area contributed by atoms with Crippen LogP contribution in [0.5, 0.6) is 0 Å². The highest BCUT2D eigenvalue weighted by Gasteiger charge is 2.20. The lowest BCUT2D eigenvalue weighted by Gasteiger charge is -2.08. The Balaban J connectivity index is 2.40. The molecule has 96 valence electrons. The van der Waals surface area contributed by atoms with E-state index in [1.807, 2.05) is 0 Å². The normalized spacial score (nSPS) is 11.5. The second-order valence-corrected chi connectivity index (χ2v) is 8.06. The zero-order valence-electron chi connectivity index (χ0n) is 9.15. The van der Waals surface area contributed by atoms with Crippen molar-refractivity contribution in [3.8, 4) is 0 Å². The first-order chi connectivity index (χ1) is 8.40. The van der Waals surface area contributed by atoms with Crippen molar-refractivity contribution < 1.29 is 8.42 Å². The highest BCUT2D eigenvalue weighted by molar-refractivity contribution is 9.11. The van der Waals surface area contributed by atoms with Gasteiger partial charge in [0.1, 0.15) is 4.90 Å². The molecule has 0 radical (unpaired) electrons. The number of nitrogens with zero attached hydrogens (tertiary/aromatic N) is 1. The van der Waals surface area contributed by atoms with Crippen LogP contribution in [-0.4, -0.2) is 13.4 Å². The molecule has 0 spiro atoms. The lowest BCUT2D eigenvalue weighted by molar-refractivity contribution is 0.601. The van der Waals surface area contributed by atoms with Crippen LogP contribution in [0.3, 0.4) is 0 Å². The van der Waals surface area contributed by atoms with Gasteiger partial charge in [0.05, 0.1) is 9.47 Å². The molecule has 0 atom stereocenters. The Kier molecular flexibility index (Phi) is 3.96. The molecule has 4 nitrogen and oxygen atoms in total. The molecule has 0 unspecified atom stereocenters. The Morgan fingerprint density at radius 2 is 2.22 bits per heavy atom. The SMILES string of the molecule is Cc1sc(Br)cc1S(=O)(=O)Nc1cccnc1Cl. The van der Waals surface area contributed by atoms with E-state index in [1.54, 1.807) is 25.1 Å². The molecule has 2 heterocycles. The van der Waals surface area contributed by atoms with Gasteiger partial charge in [-0.15, -0.1) is 11.3 Å². The Labute approximate surface area is 122 Å². The standard InChI is InChI=1S/C10H8BrClN2O2S2/c1-6-8(5-9(11)17-6)18(15,16)14-7-3-2-4-13-10(7)12/h2-5,14H,1H3. The highest BCUT2D eigenvalue weighted by atomic mass is 79.9. The predicted octanol–water partition coefficient (Wildman–Crippen LogP) is 3.67. The fraction of sp³-hybridized carbons (Fsp3) is 0.100. The number of nitrogens with one attached hydrogen (secondary N) is 1. The summed E-state index contributed by atoms with van der Waals surface area (Å²) in [5.41, 5.74) is 0.265. The van der Waals surface area contributed by atoms with E-state index in [0.29, 0.717) is 4.88 Å². The minimum absolute atomic E-state index is 0.119. The molecule has 0 aliphatic heterocycles. The van der Waals surface area contributed by atoms with Crippen LogP contribution >= 0.6 is 38.9 Å². The first kappa shape index (κ1) is 13.8. The van der Waals surface area contributed by atoms with E-state index < -0.39 is 10.0 Å². The van der Waals surface area contributed by atoms with E-state index in [4.69, 9.17) is 11.6 Å². The summed E-state index contributed by atoms with van der Waals surface area (Å²) in [6, 6.07) is 4.73. The van der Waals surface area contributed by atoms with Crippen LogP contribution in [0.1, 0.15) is 4.88 Å². The quantitative estimate of drug-likeness (QED) is 0.842. The van der Waals surface area contributed by atoms with Gasteiger partial charge in [-0.25, -0.2) is 13.4 Å². The Hall–Kier alpha value is -0.630. The largest absolute Gasteiger partial charge is 0.276 e. The van der Waals surface area contributed by atoms with Gasteiger partial charge in [-0.05, 0) is 41.1 Å². The van der Waals surface area contributed by atoms with Gasteiger partial charge in [-0.1, -0.05) is 11.6 Å². The molecule has 0 fully saturated rings. The van der Waals surface area contributed by atoms with Gasteiger partial charge in [0.25, 0.3) is 10.0 Å². The first-order valence-corrected chi connectivity index (χ1v) is 8.26. The zero-order valence-corrected chi connectivity index (χ0v) is 13.1. The van der Waals surface area contributed by atoms with E-state index in [0.717, 1.165) is 3.79 Å². The summed E-state index contributed by atoms with van der Waals surface area (Å²) in [6.07, 6.45) is 1.49. The van der Waals surface area contributed by atoms with Crippen molar-refractivity contribution in [2.24, 2.45) is 0 Å². The maximum atomic E-state index is 12.2. The van der Waals surface area contributed by atoms with Gasteiger partial charge in [0, 0.05) is 11.1 Å². The van der Waals surface area contributed by atoms with Crippen LogP contribution in [0.25, 0.3) is 0 Å². The lowest BCUT2D eigenvalue weighted by Crippen LogP contribution is -2.13. The maximum Gasteiger partial charge on any atom is 0.263 e. The van der Waals surface area contributed by atoms with E-state index in [-0.39, 0.29) is 15.7 Å². The van der Waals surface area contributed by atoms with Gasteiger partial charge in [0.15, 0.2) is 5.15 Å². The summed E-state index contributed by atoms with van der Waals surface area (Å²) in [7, 11) is -3.64. The minimum atomic E-state index is -3.64. The molecule has 0 aliphatic rings. The molecular formula is C10H8BrClN2O2S2. The van der Waals surface area contributed by atoms with Crippen molar-refractivity contribution >= 4 is 54.6 Å². The molecule has 0 aromatic carbocycles. The smallest absolute Gasteiger partial charge is 0.263 e. The van der Waals surface area contributed by atoms with Crippen molar-refractivity contribution in [1.29, 1.82) is 0 Å². The second-order valence-electron chi connectivity index (χ2n) is 3.42. The fourth-order valence-electron chi connectivity index (χ4n) is 1.36. The number of halogens is 2. The molecule has 2 rings (SSSR count). The van der Waals surface area contributed by atoms with Gasteiger partial charge < -0.3 is 0 Å². The Bertz CT molecular complexity index is 685. The summed E-state index contributed by atoms with van der Waals surface area (Å²) in [5, 5.41) is 0.119. The predicted molar refractivity (Wildman–Crippen MR) is 76.8 cm³/mol. The van der Waals surface area contributed by atoms with Crippen molar-refractivity contribution in [3.63, 3.8) is 0 Å². The molecular weight excluding hydrogens is 360 g/mol. The molecule has 0 aliphatic carbocycles. The number of aryl methyl sites for hydroxylation is 1. The third kappa shape index (κ3) is 2.85. The number of sulfonamides is 1. The maximum absolute atomic E-state index is 12.2. The number of thiophene rings is 1. The van der Waals surface area contributed by atoms with Crippen molar-refractivity contribution in [2.75, 3.05) is 4.72 Å². The molecule has 18 heavy (non-hydrogen) atoms. The second kappa shape index (κ2) is 5.16.